The molecule has 6 amide bonds. The van der Waals surface area contributed by atoms with Crippen LogP contribution in [0.25, 0.3) is 0 Å². The van der Waals surface area contributed by atoms with E-state index in [0.717, 1.165) is 0 Å². The van der Waals surface area contributed by atoms with Crippen molar-refractivity contribution < 1.29 is 33.5 Å². The van der Waals surface area contributed by atoms with Crippen molar-refractivity contribution in [1.29, 1.82) is 0 Å². The lowest BCUT2D eigenvalue weighted by Crippen LogP contribution is -2.59. The highest BCUT2D eigenvalue weighted by atomic mass is 16.5. The molecule has 0 aromatic rings. The SMILES string of the molecule is CC(C)[C@H]1NC(=O)CNC(=O)[C@@H]2CCCN2C(=O)[C@H](C(C)(C)C)NC(=O)COCCNC(=O)[C@@H](CN)NC1=O. The van der Waals surface area contributed by atoms with E-state index >= 15 is 0 Å². The third kappa shape index (κ3) is 9.17. The number of fused-ring (bicyclic) bond motifs is 1. The van der Waals surface area contributed by atoms with Gasteiger partial charge in [0.25, 0.3) is 0 Å². The number of carbonyl (C=O) groups excluding carboxylic acids is 6. The summed E-state index contributed by atoms with van der Waals surface area (Å²) in [4.78, 5) is 78.5. The fourth-order valence-corrected chi connectivity index (χ4v) is 4.39. The van der Waals surface area contributed by atoms with Gasteiger partial charge in [0.2, 0.25) is 35.4 Å². The third-order valence-corrected chi connectivity index (χ3v) is 6.59. The molecule has 0 saturated carbocycles. The summed E-state index contributed by atoms with van der Waals surface area (Å²) in [5, 5.41) is 13.0. The Kier molecular flexibility index (Phi) is 11.6. The van der Waals surface area contributed by atoms with Crippen molar-refractivity contribution in [3.8, 4) is 0 Å². The Morgan fingerprint density at radius 3 is 2.26 bits per heavy atom. The molecular weight excluding hydrogens is 510 g/mol. The minimum Gasteiger partial charge on any atom is -0.370 e. The van der Waals surface area contributed by atoms with Crippen molar-refractivity contribution >= 4 is 35.4 Å². The number of nitrogens with one attached hydrogen (secondary N) is 5. The van der Waals surface area contributed by atoms with Crippen molar-refractivity contribution in [2.24, 2.45) is 17.1 Å². The van der Waals surface area contributed by atoms with Crippen LogP contribution >= 0.6 is 0 Å². The summed E-state index contributed by atoms with van der Waals surface area (Å²) in [7, 11) is 0. The van der Waals surface area contributed by atoms with Crippen LogP contribution in [0.2, 0.25) is 0 Å². The van der Waals surface area contributed by atoms with Crippen molar-refractivity contribution in [2.45, 2.75) is 71.6 Å². The van der Waals surface area contributed by atoms with E-state index in [-0.39, 0.29) is 32.2 Å². The van der Waals surface area contributed by atoms with Gasteiger partial charge in [0.1, 0.15) is 30.8 Å². The van der Waals surface area contributed by atoms with Gasteiger partial charge in [-0.1, -0.05) is 34.6 Å². The summed E-state index contributed by atoms with van der Waals surface area (Å²) >= 11 is 0. The van der Waals surface area contributed by atoms with E-state index in [4.69, 9.17) is 10.5 Å². The molecule has 0 unspecified atom stereocenters. The molecule has 220 valence electrons. The second-order valence-electron chi connectivity index (χ2n) is 11.2. The zero-order valence-corrected chi connectivity index (χ0v) is 23.4. The number of amides is 6. The Bertz CT molecular complexity index is 934. The second-order valence-corrected chi connectivity index (χ2v) is 11.2. The van der Waals surface area contributed by atoms with E-state index in [2.05, 4.69) is 26.6 Å². The minimum atomic E-state index is -1.06. The molecule has 2 aliphatic rings. The molecule has 2 aliphatic heterocycles. The average molecular weight is 554 g/mol. The number of nitrogens with two attached hydrogens (primary N) is 1. The van der Waals surface area contributed by atoms with E-state index in [1.54, 1.807) is 34.6 Å². The van der Waals surface area contributed by atoms with Crippen LogP contribution in [-0.2, 0) is 33.5 Å². The Labute approximate surface area is 228 Å². The van der Waals surface area contributed by atoms with Crippen molar-refractivity contribution in [2.75, 3.05) is 39.4 Å². The maximum absolute atomic E-state index is 13.5. The number of rotatable bonds is 2. The Hall–Kier alpha value is -3.26. The molecule has 2 heterocycles. The first-order valence-electron chi connectivity index (χ1n) is 13.3. The molecular formula is C25H43N7O7. The van der Waals surface area contributed by atoms with Crippen molar-refractivity contribution in [1.82, 2.24) is 31.5 Å². The molecule has 0 aromatic carbocycles. The molecule has 2 saturated heterocycles. The van der Waals surface area contributed by atoms with Crippen LogP contribution in [0.4, 0.5) is 0 Å². The fourth-order valence-electron chi connectivity index (χ4n) is 4.39. The molecule has 0 spiro atoms. The smallest absolute Gasteiger partial charge is 0.246 e. The quantitative estimate of drug-likeness (QED) is 0.213. The van der Waals surface area contributed by atoms with Crippen LogP contribution in [0.3, 0.4) is 0 Å². The summed E-state index contributed by atoms with van der Waals surface area (Å²) in [5.74, 6) is -3.52. The van der Waals surface area contributed by atoms with Gasteiger partial charge in [0, 0.05) is 19.6 Å². The van der Waals surface area contributed by atoms with Crippen molar-refractivity contribution in [3.05, 3.63) is 0 Å². The van der Waals surface area contributed by atoms with Gasteiger partial charge in [-0.25, -0.2) is 0 Å². The topological polar surface area (TPSA) is 201 Å². The number of ether oxygens (including phenoxy) is 1. The fraction of sp³-hybridized carbons (Fsp3) is 0.760. The molecule has 2 rings (SSSR count). The molecule has 0 aromatic heterocycles. The van der Waals surface area contributed by atoms with E-state index in [9.17, 15) is 28.8 Å². The van der Waals surface area contributed by atoms with E-state index < -0.39 is 71.6 Å². The molecule has 0 radical (unpaired) electrons. The summed E-state index contributed by atoms with van der Waals surface area (Å²) in [5.41, 5.74) is 5.02. The Morgan fingerprint density at radius 2 is 1.64 bits per heavy atom. The van der Waals surface area contributed by atoms with E-state index in [0.29, 0.717) is 19.4 Å². The third-order valence-electron chi connectivity index (χ3n) is 6.59. The molecule has 4 atom stereocenters. The van der Waals surface area contributed by atoms with Crippen LogP contribution < -0.4 is 32.3 Å². The monoisotopic (exact) mass is 553 g/mol. The van der Waals surface area contributed by atoms with Crippen LogP contribution in [0, 0.1) is 11.3 Å². The van der Waals surface area contributed by atoms with Gasteiger partial charge in [-0.15, -0.1) is 0 Å². The average Bonchev–Trinajstić information content (AvgIpc) is 3.35. The van der Waals surface area contributed by atoms with Crippen LogP contribution in [0.5, 0.6) is 0 Å². The van der Waals surface area contributed by atoms with Crippen LogP contribution in [0.15, 0.2) is 0 Å². The first-order valence-corrected chi connectivity index (χ1v) is 13.3. The maximum Gasteiger partial charge on any atom is 0.246 e. The standard InChI is InChI=1S/C25H43N7O7/c1-14(2)19-23(37)29-15(11-26)21(35)27-8-10-39-13-18(34)31-20(25(3,4)5)24(38)32-9-6-7-16(32)22(36)28-12-17(33)30-19/h14-16,19-20H,6-13,26H2,1-5H3,(H,27,35)(H,28,36)(H,29,37)(H,30,33)(H,31,34)/t15-,16+,19-,20-/m1/s1. The van der Waals surface area contributed by atoms with Gasteiger partial charge in [-0.2, -0.15) is 0 Å². The maximum atomic E-state index is 13.5. The molecule has 7 N–H and O–H groups in total. The normalized spacial score (nSPS) is 27.5. The largest absolute Gasteiger partial charge is 0.370 e. The first kappa shape index (κ1) is 32.0. The number of carbonyl (C=O) groups is 6. The molecule has 0 aliphatic carbocycles. The van der Waals surface area contributed by atoms with E-state index in [1.807, 2.05) is 0 Å². The highest BCUT2D eigenvalue weighted by molar-refractivity contribution is 5.96. The molecule has 14 heteroatoms. The van der Waals surface area contributed by atoms with Gasteiger partial charge in [-0.3, -0.25) is 28.8 Å². The van der Waals surface area contributed by atoms with Gasteiger partial charge < -0.3 is 42.0 Å². The number of hydrogen-bond donors (Lipinski definition) is 6. The van der Waals surface area contributed by atoms with Gasteiger partial charge in [0.05, 0.1) is 13.2 Å². The Balaban J connectivity index is 2.27. The highest BCUT2D eigenvalue weighted by Gasteiger charge is 2.42. The molecule has 39 heavy (non-hydrogen) atoms. The summed E-state index contributed by atoms with van der Waals surface area (Å²) < 4.78 is 5.36. The van der Waals surface area contributed by atoms with Crippen LogP contribution in [0.1, 0.15) is 47.5 Å². The van der Waals surface area contributed by atoms with Crippen LogP contribution in [-0.4, -0.2) is 104 Å². The van der Waals surface area contributed by atoms with E-state index in [1.165, 1.54) is 4.90 Å². The highest BCUT2D eigenvalue weighted by Crippen LogP contribution is 2.26. The van der Waals surface area contributed by atoms with Gasteiger partial charge in [-0.05, 0) is 24.2 Å². The summed E-state index contributed by atoms with van der Waals surface area (Å²) in [6.07, 6.45) is 0.999. The predicted molar refractivity (Wildman–Crippen MR) is 141 cm³/mol. The van der Waals surface area contributed by atoms with Crippen molar-refractivity contribution in [3.63, 3.8) is 0 Å². The minimum absolute atomic E-state index is 0.00241. The Morgan fingerprint density at radius 1 is 0.949 bits per heavy atom. The zero-order chi connectivity index (χ0) is 29.3. The number of hydrogen-bond acceptors (Lipinski definition) is 8. The lowest BCUT2D eigenvalue weighted by atomic mass is 9.85. The summed E-state index contributed by atoms with van der Waals surface area (Å²) in [6.45, 7) is 8.30. The molecule has 2 fully saturated rings. The molecule has 0 bridgehead atoms. The lowest BCUT2D eigenvalue weighted by Gasteiger charge is -2.35. The molecule has 14 nitrogen and oxygen atoms in total. The number of nitrogens with zero attached hydrogens (tertiary/aromatic N) is 1. The van der Waals surface area contributed by atoms with Gasteiger partial charge >= 0.3 is 0 Å². The summed E-state index contributed by atoms with van der Waals surface area (Å²) in [6, 6.07) is -3.76. The first-order chi connectivity index (χ1) is 18.3. The zero-order valence-electron chi connectivity index (χ0n) is 23.4. The predicted octanol–water partition coefficient (Wildman–Crippen LogP) is -2.64. The lowest BCUT2D eigenvalue weighted by molar-refractivity contribution is -0.144. The second kappa shape index (κ2) is 14.2. The van der Waals surface area contributed by atoms with Gasteiger partial charge in [0.15, 0.2) is 0 Å².